The summed E-state index contributed by atoms with van der Waals surface area (Å²) in [6.45, 7) is 4.26. The molecule has 0 bridgehead atoms. The molecule has 0 saturated carbocycles. The summed E-state index contributed by atoms with van der Waals surface area (Å²) < 4.78 is 1.79. The van der Waals surface area contributed by atoms with E-state index < -0.39 is 0 Å². The van der Waals surface area contributed by atoms with Crippen LogP contribution in [0.1, 0.15) is 16.2 Å². The third kappa shape index (κ3) is 4.35. The zero-order valence-corrected chi connectivity index (χ0v) is 15.4. The van der Waals surface area contributed by atoms with Gasteiger partial charge in [0.2, 0.25) is 5.91 Å². The first-order valence-electron chi connectivity index (χ1n) is 8.44. The van der Waals surface area contributed by atoms with Gasteiger partial charge in [0.05, 0.1) is 28.2 Å². The molecule has 3 rings (SSSR count). The first-order chi connectivity index (χ1) is 13.1. The summed E-state index contributed by atoms with van der Waals surface area (Å²) in [5.74, 6) is 0.136. The Morgan fingerprint density at radius 1 is 1.11 bits per heavy atom. The summed E-state index contributed by atoms with van der Waals surface area (Å²) in [6.07, 6.45) is 1.62. The molecule has 2 amide bonds. The molecule has 6 nitrogen and oxygen atoms in total. The lowest BCUT2D eigenvalue weighted by molar-refractivity contribution is -0.121. The van der Waals surface area contributed by atoms with E-state index in [0.29, 0.717) is 23.0 Å². The van der Waals surface area contributed by atoms with Crippen molar-refractivity contribution >= 4 is 34.4 Å². The molecule has 27 heavy (non-hydrogen) atoms. The van der Waals surface area contributed by atoms with Crippen molar-refractivity contribution in [3.63, 3.8) is 0 Å². The number of amides is 2. The molecule has 0 atom stereocenters. The van der Waals surface area contributed by atoms with Crippen molar-refractivity contribution in [3.8, 4) is 0 Å². The molecule has 0 aliphatic rings. The Morgan fingerprint density at radius 3 is 2.63 bits per heavy atom. The predicted molar refractivity (Wildman–Crippen MR) is 106 cm³/mol. The Kier molecular flexibility index (Phi) is 5.88. The highest BCUT2D eigenvalue weighted by molar-refractivity contribution is 6.33. The van der Waals surface area contributed by atoms with Crippen LogP contribution < -0.4 is 10.6 Å². The number of para-hydroxylation sites is 2. The van der Waals surface area contributed by atoms with Crippen LogP contribution in [0.25, 0.3) is 11.0 Å². The van der Waals surface area contributed by atoms with Crippen molar-refractivity contribution < 1.29 is 9.59 Å². The van der Waals surface area contributed by atoms with Crippen LogP contribution in [0, 0.1) is 0 Å². The summed E-state index contributed by atoms with van der Waals surface area (Å²) >= 11 is 6.07. The number of carbonyl (C=O) groups excluding carboxylic acids is 2. The number of nitrogens with zero attached hydrogens (tertiary/aromatic N) is 2. The maximum Gasteiger partial charge on any atom is 0.253 e. The van der Waals surface area contributed by atoms with Gasteiger partial charge in [-0.25, -0.2) is 4.98 Å². The summed E-state index contributed by atoms with van der Waals surface area (Å²) in [6, 6.07) is 14.4. The molecule has 0 aliphatic heterocycles. The zero-order chi connectivity index (χ0) is 19.2. The normalized spacial score (nSPS) is 10.6. The largest absolute Gasteiger partial charge is 0.351 e. The van der Waals surface area contributed by atoms with Gasteiger partial charge in [-0.15, -0.1) is 6.58 Å². The zero-order valence-electron chi connectivity index (χ0n) is 14.6. The van der Waals surface area contributed by atoms with Gasteiger partial charge in [-0.3, -0.25) is 9.59 Å². The van der Waals surface area contributed by atoms with Crippen molar-refractivity contribution in [1.82, 2.24) is 20.2 Å². The molecule has 0 fully saturated rings. The summed E-state index contributed by atoms with van der Waals surface area (Å²) in [5.41, 5.74) is 1.98. The van der Waals surface area contributed by atoms with E-state index in [1.54, 1.807) is 34.9 Å². The van der Waals surface area contributed by atoms with E-state index in [9.17, 15) is 9.59 Å². The van der Waals surface area contributed by atoms with Gasteiger partial charge < -0.3 is 15.2 Å². The van der Waals surface area contributed by atoms with Crippen LogP contribution >= 0.6 is 11.6 Å². The van der Waals surface area contributed by atoms with Gasteiger partial charge in [0.1, 0.15) is 12.4 Å². The van der Waals surface area contributed by atoms with Crippen molar-refractivity contribution in [3.05, 3.63) is 77.6 Å². The molecule has 138 valence electrons. The average molecular weight is 383 g/mol. The monoisotopic (exact) mass is 382 g/mol. The average Bonchev–Trinajstić information content (AvgIpc) is 3.02. The minimum absolute atomic E-state index is 0.103. The molecular formula is C20H19ClN4O2. The minimum atomic E-state index is -0.296. The molecule has 1 heterocycles. The van der Waals surface area contributed by atoms with Crippen LogP contribution in [0.2, 0.25) is 5.02 Å². The number of imidazole rings is 1. The molecule has 3 aromatic rings. The predicted octanol–water partition coefficient (Wildman–Crippen LogP) is 2.92. The molecule has 1 aromatic heterocycles. The van der Waals surface area contributed by atoms with Crippen molar-refractivity contribution in [2.24, 2.45) is 0 Å². The van der Waals surface area contributed by atoms with E-state index in [2.05, 4.69) is 22.2 Å². The molecule has 2 aromatic carbocycles. The van der Waals surface area contributed by atoms with E-state index in [-0.39, 0.29) is 24.9 Å². The maximum absolute atomic E-state index is 12.4. The van der Waals surface area contributed by atoms with E-state index in [1.807, 2.05) is 24.3 Å². The fourth-order valence-electron chi connectivity index (χ4n) is 2.72. The van der Waals surface area contributed by atoms with Gasteiger partial charge in [-0.05, 0) is 24.3 Å². The third-order valence-electron chi connectivity index (χ3n) is 4.00. The highest BCUT2D eigenvalue weighted by Crippen LogP contribution is 2.17. The maximum atomic E-state index is 12.4. The van der Waals surface area contributed by atoms with Gasteiger partial charge in [0, 0.05) is 6.54 Å². The molecule has 2 N–H and O–H groups in total. The van der Waals surface area contributed by atoms with Crippen LogP contribution in [0.15, 0.2) is 61.2 Å². The SMILES string of the molecule is C=CCNC(=O)Cn1c(CNC(=O)c2ccccc2Cl)nc2ccccc21. The Bertz CT molecular complexity index is 997. The highest BCUT2D eigenvalue weighted by Gasteiger charge is 2.15. The Balaban J connectivity index is 1.82. The number of benzene rings is 2. The molecule has 0 unspecified atom stereocenters. The molecule has 0 aliphatic carbocycles. The second kappa shape index (κ2) is 8.51. The van der Waals surface area contributed by atoms with E-state index in [1.165, 1.54) is 0 Å². The number of rotatable bonds is 7. The smallest absolute Gasteiger partial charge is 0.253 e. The summed E-state index contributed by atoms with van der Waals surface area (Å²) in [5, 5.41) is 5.95. The number of hydrogen-bond donors (Lipinski definition) is 2. The van der Waals surface area contributed by atoms with Gasteiger partial charge in [0.25, 0.3) is 5.91 Å². The fourth-order valence-corrected chi connectivity index (χ4v) is 2.94. The van der Waals surface area contributed by atoms with Crippen LogP contribution in [-0.2, 0) is 17.9 Å². The van der Waals surface area contributed by atoms with Gasteiger partial charge in [-0.2, -0.15) is 0 Å². The van der Waals surface area contributed by atoms with Crippen molar-refractivity contribution in [1.29, 1.82) is 0 Å². The highest BCUT2D eigenvalue weighted by atomic mass is 35.5. The quantitative estimate of drug-likeness (QED) is 0.617. The standard InChI is InChI=1S/C20H19ClN4O2/c1-2-11-22-19(26)13-25-17-10-6-5-9-16(17)24-18(25)12-23-20(27)14-7-3-4-8-15(14)21/h2-10H,1,11-13H2,(H,22,26)(H,23,27). The van der Waals surface area contributed by atoms with Gasteiger partial charge in [-0.1, -0.05) is 41.9 Å². The van der Waals surface area contributed by atoms with Gasteiger partial charge in [0.15, 0.2) is 0 Å². The number of halogens is 1. The van der Waals surface area contributed by atoms with Crippen molar-refractivity contribution in [2.75, 3.05) is 6.54 Å². The lowest BCUT2D eigenvalue weighted by atomic mass is 10.2. The van der Waals surface area contributed by atoms with Crippen LogP contribution in [-0.4, -0.2) is 27.9 Å². The molecule has 0 saturated heterocycles. The second-order valence-electron chi connectivity index (χ2n) is 5.86. The topological polar surface area (TPSA) is 76.0 Å². The van der Waals surface area contributed by atoms with E-state index >= 15 is 0 Å². The number of carbonyl (C=O) groups is 2. The van der Waals surface area contributed by atoms with Crippen molar-refractivity contribution in [2.45, 2.75) is 13.1 Å². The Morgan fingerprint density at radius 2 is 1.85 bits per heavy atom. The molecule has 0 spiro atoms. The van der Waals surface area contributed by atoms with Crippen LogP contribution in [0.3, 0.4) is 0 Å². The Hall–Kier alpha value is -3.12. The van der Waals surface area contributed by atoms with E-state index in [4.69, 9.17) is 11.6 Å². The molecule has 7 heteroatoms. The summed E-state index contributed by atoms with van der Waals surface area (Å²) in [7, 11) is 0. The second-order valence-corrected chi connectivity index (χ2v) is 6.27. The number of nitrogens with one attached hydrogen (secondary N) is 2. The molecule has 0 radical (unpaired) electrons. The van der Waals surface area contributed by atoms with Crippen LogP contribution in [0.4, 0.5) is 0 Å². The third-order valence-corrected chi connectivity index (χ3v) is 4.33. The first-order valence-corrected chi connectivity index (χ1v) is 8.82. The lowest BCUT2D eigenvalue weighted by Gasteiger charge is -2.10. The summed E-state index contributed by atoms with van der Waals surface area (Å²) in [4.78, 5) is 29.1. The minimum Gasteiger partial charge on any atom is -0.351 e. The number of fused-ring (bicyclic) bond motifs is 1. The van der Waals surface area contributed by atoms with E-state index in [0.717, 1.165) is 11.0 Å². The van der Waals surface area contributed by atoms with Gasteiger partial charge >= 0.3 is 0 Å². The number of hydrogen-bond acceptors (Lipinski definition) is 3. The lowest BCUT2D eigenvalue weighted by Crippen LogP contribution is -2.30. The molecular weight excluding hydrogens is 364 g/mol. The fraction of sp³-hybridized carbons (Fsp3) is 0.150. The Labute approximate surface area is 161 Å². The van der Waals surface area contributed by atoms with Crippen LogP contribution in [0.5, 0.6) is 0 Å². The number of aromatic nitrogens is 2. The first kappa shape index (κ1) is 18.7.